The zero-order valence-electron chi connectivity index (χ0n) is 10.1. The molecule has 0 saturated heterocycles. The summed E-state index contributed by atoms with van der Waals surface area (Å²) in [6.07, 6.45) is 2.46. The van der Waals surface area contributed by atoms with Crippen molar-refractivity contribution in [3.05, 3.63) is 57.3 Å². The highest BCUT2D eigenvalue weighted by atomic mass is 32.1. The van der Waals surface area contributed by atoms with Gasteiger partial charge in [-0.05, 0) is 52.8 Å². The Morgan fingerprint density at radius 3 is 3.00 bits per heavy atom. The molecule has 1 atom stereocenters. The summed E-state index contributed by atoms with van der Waals surface area (Å²) in [6, 6.07) is 9.36. The molecule has 1 heterocycles. The van der Waals surface area contributed by atoms with E-state index < -0.39 is 0 Å². The van der Waals surface area contributed by atoms with Crippen LogP contribution in [0, 0.1) is 6.92 Å². The molecule has 17 heavy (non-hydrogen) atoms. The van der Waals surface area contributed by atoms with Crippen LogP contribution in [0.25, 0.3) is 0 Å². The highest BCUT2D eigenvalue weighted by molar-refractivity contribution is 7.08. The van der Waals surface area contributed by atoms with E-state index in [2.05, 4.69) is 47.3 Å². The van der Waals surface area contributed by atoms with Crippen LogP contribution in [0.4, 0.5) is 0 Å². The average molecular weight is 243 g/mol. The van der Waals surface area contributed by atoms with Crippen LogP contribution >= 0.6 is 11.3 Å². The van der Waals surface area contributed by atoms with Crippen LogP contribution in [0.3, 0.4) is 0 Å². The Bertz CT molecular complexity index is 515. The lowest BCUT2D eigenvalue weighted by Crippen LogP contribution is -2.18. The molecule has 1 aromatic carbocycles. The van der Waals surface area contributed by atoms with Gasteiger partial charge in [0, 0.05) is 12.6 Å². The zero-order chi connectivity index (χ0) is 11.7. The second-order valence-corrected chi connectivity index (χ2v) is 5.49. The molecule has 1 aliphatic carbocycles. The third kappa shape index (κ3) is 2.15. The summed E-state index contributed by atoms with van der Waals surface area (Å²) in [6.45, 7) is 3.18. The van der Waals surface area contributed by atoms with Gasteiger partial charge in [0.15, 0.2) is 0 Å². The summed E-state index contributed by atoms with van der Waals surface area (Å²) in [4.78, 5) is 0. The molecule has 0 saturated carbocycles. The van der Waals surface area contributed by atoms with Gasteiger partial charge in [-0.15, -0.1) is 0 Å². The normalized spacial score (nSPS) is 18.3. The van der Waals surface area contributed by atoms with Crippen molar-refractivity contribution in [2.24, 2.45) is 0 Å². The van der Waals surface area contributed by atoms with Crippen molar-refractivity contribution in [3.63, 3.8) is 0 Å². The Hall–Kier alpha value is -1.12. The van der Waals surface area contributed by atoms with E-state index in [1.807, 2.05) is 0 Å². The minimum absolute atomic E-state index is 0.547. The molecule has 1 aromatic heterocycles. The van der Waals surface area contributed by atoms with Gasteiger partial charge >= 0.3 is 0 Å². The van der Waals surface area contributed by atoms with Crippen molar-refractivity contribution in [1.29, 1.82) is 0 Å². The van der Waals surface area contributed by atoms with Crippen LogP contribution in [-0.2, 0) is 13.0 Å². The third-order valence-corrected chi connectivity index (χ3v) is 4.54. The first kappa shape index (κ1) is 11.0. The van der Waals surface area contributed by atoms with E-state index in [1.54, 1.807) is 11.3 Å². The molecular formula is C15H17NS. The van der Waals surface area contributed by atoms with E-state index in [1.165, 1.54) is 35.1 Å². The summed E-state index contributed by atoms with van der Waals surface area (Å²) >= 11 is 1.79. The zero-order valence-corrected chi connectivity index (χ0v) is 10.9. The second kappa shape index (κ2) is 4.63. The van der Waals surface area contributed by atoms with Crippen LogP contribution < -0.4 is 5.32 Å². The predicted molar refractivity (Wildman–Crippen MR) is 73.4 cm³/mol. The summed E-state index contributed by atoms with van der Waals surface area (Å²) in [5.74, 6) is 0. The van der Waals surface area contributed by atoms with Crippen molar-refractivity contribution >= 4 is 11.3 Å². The lowest BCUT2D eigenvalue weighted by atomic mass is 10.1. The monoisotopic (exact) mass is 243 g/mol. The predicted octanol–water partition coefficient (Wildman–Crippen LogP) is 3.83. The molecule has 0 radical (unpaired) electrons. The van der Waals surface area contributed by atoms with Crippen LogP contribution in [0.5, 0.6) is 0 Å². The number of rotatable bonds is 3. The number of thiophene rings is 1. The topological polar surface area (TPSA) is 12.0 Å². The van der Waals surface area contributed by atoms with Gasteiger partial charge in [-0.3, -0.25) is 0 Å². The quantitative estimate of drug-likeness (QED) is 0.864. The van der Waals surface area contributed by atoms with Crippen LogP contribution in [-0.4, -0.2) is 0 Å². The van der Waals surface area contributed by atoms with Gasteiger partial charge in [0.25, 0.3) is 0 Å². The van der Waals surface area contributed by atoms with Gasteiger partial charge in [0.2, 0.25) is 0 Å². The number of nitrogens with one attached hydrogen (secondary N) is 1. The van der Waals surface area contributed by atoms with Gasteiger partial charge < -0.3 is 5.32 Å². The molecule has 88 valence electrons. The Balaban J connectivity index is 1.70. The van der Waals surface area contributed by atoms with Gasteiger partial charge in [0.1, 0.15) is 0 Å². The second-order valence-electron chi connectivity index (χ2n) is 4.75. The van der Waals surface area contributed by atoms with E-state index >= 15 is 0 Å². The van der Waals surface area contributed by atoms with Crippen LogP contribution in [0.15, 0.2) is 35.0 Å². The Labute approximate surface area is 106 Å². The number of hydrogen-bond donors (Lipinski definition) is 1. The molecule has 0 bridgehead atoms. The van der Waals surface area contributed by atoms with E-state index in [4.69, 9.17) is 0 Å². The Kier molecular flexibility index (Phi) is 3.00. The number of aryl methyl sites for hydroxylation is 2. The molecule has 0 spiro atoms. The standard InChI is InChI=1S/C15H17NS/c1-11-9-17-10-13(11)8-16-15-7-6-12-4-2-3-5-14(12)15/h2-5,9-10,15-16H,6-8H2,1H3. The smallest absolute Gasteiger partial charge is 0.0329 e. The van der Waals surface area contributed by atoms with E-state index in [9.17, 15) is 0 Å². The molecule has 0 aliphatic heterocycles. The van der Waals surface area contributed by atoms with Crippen molar-refractivity contribution in [2.45, 2.75) is 32.4 Å². The van der Waals surface area contributed by atoms with Gasteiger partial charge in [0.05, 0.1) is 0 Å². The lowest BCUT2D eigenvalue weighted by molar-refractivity contribution is 0.530. The van der Waals surface area contributed by atoms with Crippen LogP contribution in [0.2, 0.25) is 0 Å². The number of fused-ring (bicyclic) bond motifs is 1. The molecule has 2 heteroatoms. The third-order valence-electron chi connectivity index (χ3n) is 3.63. The van der Waals surface area contributed by atoms with Crippen molar-refractivity contribution in [1.82, 2.24) is 5.32 Å². The fraction of sp³-hybridized carbons (Fsp3) is 0.333. The molecule has 0 fully saturated rings. The van der Waals surface area contributed by atoms with Crippen molar-refractivity contribution in [2.75, 3.05) is 0 Å². The highest BCUT2D eigenvalue weighted by Crippen LogP contribution is 2.31. The van der Waals surface area contributed by atoms with Gasteiger partial charge in [-0.1, -0.05) is 24.3 Å². The van der Waals surface area contributed by atoms with Gasteiger partial charge in [-0.2, -0.15) is 11.3 Å². The fourth-order valence-electron chi connectivity index (χ4n) is 2.57. The maximum Gasteiger partial charge on any atom is 0.0329 e. The average Bonchev–Trinajstić information content (AvgIpc) is 2.93. The first-order valence-electron chi connectivity index (χ1n) is 6.17. The molecule has 1 aliphatic rings. The first-order chi connectivity index (χ1) is 8.34. The highest BCUT2D eigenvalue weighted by Gasteiger charge is 2.21. The van der Waals surface area contributed by atoms with E-state index in [0.717, 1.165) is 6.54 Å². The molecule has 1 nitrogen and oxygen atoms in total. The molecule has 2 aromatic rings. The van der Waals surface area contributed by atoms with Crippen molar-refractivity contribution < 1.29 is 0 Å². The van der Waals surface area contributed by atoms with E-state index in [-0.39, 0.29) is 0 Å². The minimum atomic E-state index is 0.547. The molecule has 1 unspecified atom stereocenters. The SMILES string of the molecule is Cc1cscc1CNC1CCc2ccccc21. The molecule has 1 N–H and O–H groups in total. The molecule has 0 amide bonds. The maximum atomic E-state index is 3.69. The number of hydrogen-bond acceptors (Lipinski definition) is 2. The maximum absolute atomic E-state index is 3.69. The largest absolute Gasteiger partial charge is 0.306 e. The molecule has 3 rings (SSSR count). The summed E-state index contributed by atoms with van der Waals surface area (Å²) in [5.41, 5.74) is 5.88. The van der Waals surface area contributed by atoms with Gasteiger partial charge in [-0.25, -0.2) is 0 Å². The Morgan fingerprint density at radius 1 is 1.29 bits per heavy atom. The lowest BCUT2D eigenvalue weighted by Gasteiger charge is -2.13. The van der Waals surface area contributed by atoms with Crippen LogP contribution in [0.1, 0.15) is 34.7 Å². The number of benzene rings is 1. The fourth-order valence-corrected chi connectivity index (χ4v) is 3.43. The van der Waals surface area contributed by atoms with Crippen molar-refractivity contribution in [3.8, 4) is 0 Å². The summed E-state index contributed by atoms with van der Waals surface area (Å²) < 4.78 is 0. The Morgan fingerprint density at radius 2 is 2.18 bits per heavy atom. The van der Waals surface area contributed by atoms with E-state index in [0.29, 0.717) is 6.04 Å². The first-order valence-corrected chi connectivity index (χ1v) is 7.12. The molecular weight excluding hydrogens is 226 g/mol. The summed E-state index contributed by atoms with van der Waals surface area (Å²) in [7, 11) is 0. The minimum Gasteiger partial charge on any atom is -0.306 e. The summed E-state index contributed by atoms with van der Waals surface area (Å²) in [5, 5.41) is 8.16.